The Morgan fingerprint density at radius 2 is 1.79 bits per heavy atom. The first-order chi connectivity index (χ1) is 11.4. The number of primary amides is 1. The summed E-state index contributed by atoms with van der Waals surface area (Å²) in [6.45, 7) is 2.65. The van der Waals surface area contributed by atoms with Gasteiger partial charge < -0.3 is 15.4 Å². The van der Waals surface area contributed by atoms with Gasteiger partial charge in [0, 0.05) is 26.2 Å². The van der Waals surface area contributed by atoms with E-state index in [9.17, 15) is 13.2 Å². The molecule has 2 N–H and O–H groups in total. The quantitative estimate of drug-likeness (QED) is 0.820. The average molecular weight is 353 g/mol. The highest BCUT2D eigenvalue weighted by molar-refractivity contribution is 7.89. The molecule has 2 fully saturated rings. The second-order valence-corrected chi connectivity index (χ2v) is 8.35. The van der Waals surface area contributed by atoms with Crippen LogP contribution in [-0.2, 0) is 14.8 Å². The van der Waals surface area contributed by atoms with Crippen molar-refractivity contribution in [2.75, 3.05) is 33.2 Å². The molecular weight excluding hydrogens is 330 g/mol. The number of carbonyl (C=O) groups excluding carboxylic acids is 1. The number of amides is 1. The topological polar surface area (TPSA) is 92.9 Å². The van der Waals surface area contributed by atoms with Crippen molar-refractivity contribution in [1.82, 2.24) is 9.21 Å². The van der Waals surface area contributed by atoms with Gasteiger partial charge in [-0.25, -0.2) is 8.42 Å². The molecule has 24 heavy (non-hydrogen) atoms. The molecule has 0 atom stereocenters. The number of nitrogens with two attached hydrogens (primary N) is 1. The normalized spacial score (nSPS) is 21.5. The molecule has 3 rings (SSSR count). The number of likely N-dealkylation sites (tertiary alicyclic amines) is 1. The molecule has 0 aromatic heterocycles. The lowest BCUT2D eigenvalue weighted by Crippen LogP contribution is -2.52. The predicted octanol–water partition coefficient (Wildman–Crippen LogP) is 0.269. The molecule has 2 aliphatic heterocycles. The molecule has 2 saturated heterocycles. The van der Waals surface area contributed by atoms with Crippen molar-refractivity contribution in [2.24, 2.45) is 5.73 Å². The molecule has 1 aromatic carbocycles. The second kappa shape index (κ2) is 6.79. The summed E-state index contributed by atoms with van der Waals surface area (Å²) in [6, 6.07) is 6.08. The van der Waals surface area contributed by atoms with Crippen LogP contribution in [0.2, 0.25) is 0 Å². The van der Waals surface area contributed by atoms with E-state index in [4.69, 9.17) is 10.5 Å². The average Bonchev–Trinajstić information content (AvgIpc) is 2.54. The number of benzene rings is 1. The minimum Gasteiger partial charge on any atom is -0.372 e. The first-order valence-electron chi connectivity index (χ1n) is 8.11. The number of sulfonamides is 1. The third-order valence-electron chi connectivity index (χ3n) is 4.59. The lowest BCUT2D eigenvalue weighted by Gasteiger charge is -2.40. The van der Waals surface area contributed by atoms with Crippen LogP contribution in [0, 0.1) is 0 Å². The molecule has 2 aliphatic rings. The van der Waals surface area contributed by atoms with Crippen LogP contribution < -0.4 is 5.73 Å². The summed E-state index contributed by atoms with van der Waals surface area (Å²) in [5.74, 6) is -0.735. The highest BCUT2D eigenvalue weighted by Gasteiger charge is 2.34. The summed E-state index contributed by atoms with van der Waals surface area (Å²) in [7, 11) is -1.67. The van der Waals surface area contributed by atoms with Crippen molar-refractivity contribution in [3.8, 4) is 0 Å². The molecular formula is C16H23N3O4S. The summed E-state index contributed by atoms with van der Waals surface area (Å²) in [4.78, 5) is 13.7. The first kappa shape index (κ1) is 17.3. The number of piperidine rings is 1. The van der Waals surface area contributed by atoms with Crippen LogP contribution in [0.25, 0.3) is 0 Å². The molecule has 1 amide bonds. The number of hydrogen-bond donors (Lipinski definition) is 1. The molecule has 0 bridgehead atoms. The maximum absolute atomic E-state index is 12.8. The molecule has 132 valence electrons. The third-order valence-corrected chi connectivity index (χ3v) is 6.54. The van der Waals surface area contributed by atoms with Gasteiger partial charge in [-0.15, -0.1) is 0 Å². The van der Waals surface area contributed by atoms with E-state index in [1.54, 1.807) is 12.1 Å². The summed E-state index contributed by atoms with van der Waals surface area (Å²) < 4.78 is 33.1. The van der Waals surface area contributed by atoms with Crippen molar-refractivity contribution in [1.29, 1.82) is 0 Å². The number of carbonyl (C=O) groups is 1. The maximum atomic E-state index is 12.8. The SMILES string of the molecule is CN1CC(OC2CCN(S(=O)(=O)c3ccccc3C(N)=O)CC2)C1. The van der Waals surface area contributed by atoms with Gasteiger partial charge in [-0.05, 0) is 32.0 Å². The van der Waals surface area contributed by atoms with Crippen molar-refractivity contribution in [2.45, 2.75) is 29.9 Å². The van der Waals surface area contributed by atoms with Crippen LogP contribution in [0.15, 0.2) is 29.2 Å². The summed E-state index contributed by atoms with van der Waals surface area (Å²) in [5.41, 5.74) is 5.34. The number of hydrogen-bond acceptors (Lipinski definition) is 5. The number of rotatable bonds is 5. The Morgan fingerprint density at radius 1 is 1.17 bits per heavy atom. The van der Waals surface area contributed by atoms with E-state index >= 15 is 0 Å². The lowest BCUT2D eigenvalue weighted by atomic mass is 10.1. The largest absolute Gasteiger partial charge is 0.372 e. The fraction of sp³-hybridized carbons (Fsp3) is 0.562. The summed E-state index contributed by atoms with van der Waals surface area (Å²) in [6.07, 6.45) is 1.69. The van der Waals surface area contributed by atoms with Crippen molar-refractivity contribution >= 4 is 15.9 Å². The zero-order valence-corrected chi connectivity index (χ0v) is 14.5. The van der Waals surface area contributed by atoms with E-state index in [0.717, 1.165) is 13.1 Å². The van der Waals surface area contributed by atoms with Crippen LogP contribution in [0.1, 0.15) is 23.2 Å². The minimum absolute atomic E-state index is 0.0162. The van der Waals surface area contributed by atoms with Gasteiger partial charge >= 0.3 is 0 Å². The van der Waals surface area contributed by atoms with Crippen molar-refractivity contribution in [3.05, 3.63) is 29.8 Å². The molecule has 0 saturated carbocycles. The molecule has 0 radical (unpaired) electrons. The molecule has 7 nitrogen and oxygen atoms in total. The van der Waals surface area contributed by atoms with Crippen LogP contribution in [-0.4, -0.2) is 69.0 Å². The van der Waals surface area contributed by atoms with Crippen LogP contribution in [0.3, 0.4) is 0 Å². The van der Waals surface area contributed by atoms with E-state index in [1.807, 2.05) is 7.05 Å². The molecule has 0 spiro atoms. The van der Waals surface area contributed by atoms with Gasteiger partial charge in [0.1, 0.15) is 0 Å². The lowest BCUT2D eigenvalue weighted by molar-refractivity contribution is -0.0957. The summed E-state index contributed by atoms with van der Waals surface area (Å²) >= 11 is 0. The molecule has 0 aliphatic carbocycles. The zero-order chi connectivity index (χ0) is 17.3. The number of ether oxygens (including phenoxy) is 1. The fourth-order valence-electron chi connectivity index (χ4n) is 3.24. The number of likely N-dealkylation sites (N-methyl/N-ethyl adjacent to an activating group) is 1. The van der Waals surface area contributed by atoms with E-state index in [2.05, 4.69) is 4.90 Å². The van der Waals surface area contributed by atoms with Gasteiger partial charge in [0.15, 0.2) is 0 Å². The standard InChI is InChI=1S/C16H23N3O4S/c1-18-10-13(11-18)23-12-6-8-19(9-7-12)24(21,22)15-5-3-2-4-14(15)16(17)20/h2-5,12-13H,6-11H2,1H3,(H2,17,20). The van der Waals surface area contributed by atoms with Gasteiger partial charge in [-0.2, -0.15) is 4.31 Å². The maximum Gasteiger partial charge on any atom is 0.250 e. The van der Waals surface area contributed by atoms with Crippen molar-refractivity contribution in [3.63, 3.8) is 0 Å². The number of nitrogens with zero attached hydrogens (tertiary/aromatic N) is 2. The van der Waals surface area contributed by atoms with E-state index in [1.165, 1.54) is 16.4 Å². The smallest absolute Gasteiger partial charge is 0.250 e. The molecule has 8 heteroatoms. The highest BCUT2D eigenvalue weighted by atomic mass is 32.2. The molecule has 0 unspecified atom stereocenters. The van der Waals surface area contributed by atoms with E-state index in [-0.39, 0.29) is 22.7 Å². The first-order valence-corrected chi connectivity index (χ1v) is 9.55. The Labute approximate surface area is 142 Å². The Bertz CT molecular complexity index is 708. The summed E-state index contributed by atoms with van der Waals surface area (Å²) in [5, 5.41) is 0. The zero-order valence-electron chi connectivity index (χ0n) is 13.7. The van der Waals surface area contributed by atoms with E-state index < -0.39 is 15.9 Å². The van der Waals surface area contributed by atoms with Gasteiger partial charge in [0.25, 0.3) is 0 Å². The van der Waals surface area contributed by atoms with Crippen molar-refractivity contribution < 1.29 is 17.9 Å². The third kappa shape index (κ3) is 3.46. The minimum atomic E-state index is -3.72. The van der Waals surface area contributed by atoms with Crippen LogP contribution >= 0.6 is 0 Å². The monoisotopic (exact) mass is 353 g/mol. The van der Waals surface area contributed by atoms with Gasteiger partial charge in [0.05, 0.1) is 22.7 Å². The Balaban J connectivity index is 1.66. The van der Waals surface area contributed by atoms with Crippen LogP contribution in [0.5, 0.6) is 0 Å². The fourth-order valence-corrected chi connectivity index (χ4v) is 4.91. The highest BCUT2D eigenvalue weighted by Crippen LogP contribution is 2.25. The Kier molecular flexibility index (Phi) is 4.91. The molecule has 2 heterocycles. The van der Waals surface area contributed by atoms with Gasteiger partial charge in [-0.1, -0.05) is 12.1 Å². The predicted molar refractivity (Wildman–Crippen MR) is 89.1 cm³/mol. The van der Waals surface area contributed by atoms with Gasteiger partial charge in [-0.3, -0.25) is 4.79 Å². The molecule has 1 aromatic rings. The second-order valence-electron chi connectivity index (χ2n) is 6.44. The van der Waals surface area contributed by atoms with Gasteiger partial charge in [0.2, 0.25) is 15.9 Å². The van der Waals surface area contributed by atoms with E-state index in [0.29, 0.717) is 25.9 Å². The van der Waals surface area contributed by atoms with Crippen LogP contribution in [0.4, 0.5) is 0 Å². The Hall–Kier alpha value is -1.48. The Morgan fingerprint density at radius 3 is 2.38 bits per heavy atom.